The van der Waals surface area contributed by atoms with Crippen molar-refractivity contribution in [3.63, 3.8) is 0 Å². The third-order valence-corrected chi connectivity index (χ3v) is 4.22. The van der Waals surface area contributed by atoms with E-state index in [1.807, 2.05) is 25.1 Å². The maximum Gasteiger partial charge on any atom is 0.167 e. The number of hydrogen-bond acceptors (Lipinski definition) is 3. The number of rotatable bonds is 2. The molecule has 1 aromatic carbocycles. The van der Waals surface area contributed by atoms with Crippen LogP contribution in [0.1, 0.15) is 47.7 Å². The molecule has 0 fully saturated rings. The Morgan fingerprint density at radius 3 is 3.00 bits per heavy atom. The number of carbonyl (C=O) groups excluding carboxylic acids is 1. The number of Topliss-reactive ketones (excluding diaryl/α,β-unsaturated/α-hetero) is 1. The Labute approximate surface area is 119 Å². The van der Waals surface area contributed by atoms with Gasteiger partial charge in [0.15, 0.2) is 5.78 Å². The van der Waals surface area contributed by atoms with Crippen molar-refractivity contribution in [2.24, 2.45) is 0 Å². The van der Waals surface area contributed by atoms with Crippen molar-refractivity contribution in [3.05, 3.63) is 40.5 Å². The predicted molar refractivity (Wildman–Crippen MR) is 77.7 cm³/mol. The molecular weight excluding hydrogens is 252 g/mol. The minimum absolute atomic E-state index is 0.0344. The van der Waals surface area contributed by atoms with E-state index in [-0.39, 0.29) is 18.0 Å². The van der Waals surface area contributed by atoms with Gasteiger partial charge in [0.2, 0.25) is 0 Å². The maximum absolute atomic E-state index is 12.3. The van der Waals surface area contributed by atoms with Crippen LogP contribution in [0.2, 0.25) is 0 Å². The van der Waals surface area contributed by atoms with Gasteiger partial charge in [-0.05, 0) is 43.4 Å². The number of ketones is 1. The van der Waals surface area contributed by atoms with Gasteiger partial charge in [-0.25, -0.2) is 0 Å². The van der Waals surface area contributed by atoms with Crippen LogP contribution in [0.3, 0.4) is 0 Å². The molecule has 3 rings (SSSR count). The van der Waals surface area contributed by atoms with Crippen LogP contribution < -0.4 is 0 Å². The first-order chi connectivity index (χ1) is 9.56. The lowest BCUT2D eigenvalue weighted by atomic mass is 9.79. The predicted octanol–water partition coefficient (Wildman–Crippen LogP) is 2.89. The number of carbonyl (C=O) groups is 1. The van der Waals surface area contributed by atoms with Gasteiger partial charge in [0.1, 0.15) is 0 Å². The van der Waals surface area contributed by atoms with Gasteiger partial charge < -0.3 is 9.84 Å². The van der Waals surface area contributed by atoms with Crippen molar-refractivity contribution in [3.8, 4) is 0 Å². The number of fused-ring (bicyclic) bond motifs is 2. The monoisotopic (exact) mass is 272 g/mol. The van der Waals surface area contributed by atoms with Crippen molar-refractivity contribution >= 4 is 11.4 Å². The lowest BCUT2D eigenvalue weighted by Crippen LogP contribution is -2.28. The van der Waals surface area contributed by atoms with Gasteiger partial charge in [-0.3, -0.25) is 4.79 Å². The molecule has 3 nitrogen and oxygen atoms in total. The molecule has 1 N–H and O–H groups in total. The Morgan fingerprint density at radius 2 is 2.25 bits per heavy atom. The second-order valence-electron chi connectivity index (χ2n) is 5.90. The summed E-state index contributed by atoms with van der Waals surface area (Å²) >= 11 is 0. The average Bonchev–Trinajstić information content (AvgIpc) is 2.38. The van der Waals surface area contributed by atoms with Crippen LogP contribution in [0.15, 0.2) is 23.8 Å². The van der Waals surface area contributed by atoms with Gasteiger partial charge in [-0.2, -0.15) is 0 Å². The molecule has 2 unspecified atom stereocenters. The lowest BCUT2D eigenvalue weighted by Gasteiger charge is -2.32. The van der Waals surface area contributed by atoms with Gasteiger partial charge in [0.05, 0.1) is 18.8 Å². The summed E-state index contributed by atoms with van der Waals surface area (Å²) in [5.74, 6) is 0.208. The molecule has 0 aromatic heterocycles. The highest BCUT2D eigenvalue weighted by atomic mass is 16.5. The second-order valence-corrected chi connectivity index (χ2v) is 5.90. The maximum atomic E-state index is 12.3. The molecule has 2 atom stereocenters. The number of aliphatic hydroxyl groups is 1. The number of hydrogen-bond donors (Lipinski definition) is 1. The molecule has 1 heterocycles. The molecule has 1 aromatic rings. The van der Waals surface area contributed by atoms with Gasteiger partial charge in [-0.15, -0.1) is 0 Å². The van der Waals surface area contributed by atoms with E-state index in [0.29, 0.717) is 19.4 Å². The highest BCUT2D eigenvalue weighted by Gasteiger charge is 2.31. The molecule has 0 radical (unpaired) electrons. The van der Waals surface area contributed by atoms with E-state index in [0.717, 1.165) is 23.1 Å². The summed E-state index contributed by atoms with van der Waals surface area (Å²) in [6.07, 6.45) is 1.57. The van der Waals surface area contributed by atoms with Crippen LogP contribution in [0.4, 0.5) is 0 Å². The van der Waals surface area contributed by atoms with Gasteiger partial charge in [0.25, 0.3) is 0 Å². The molecule has 0 spiro atoms. The molecule has 1 aliphatic carbocycles. The fourth-order valence-electron chi connectivity index (χ4n) is 3.31. The molecule has 106 valence electrons. The van der Waals surface area contributed by atoms with Crippen molar-refractivity contribution in [2.75, 3.05) is 6.61 Å². The smallest absolute Gasteiger partial charge is 0.167 e. The highest BCUT2D eigenvalue weighted by molar-refractivity contribution is 6.06. The van der Waals surface area contributed by atoms with Gasteiger partial charge in [-0.1, -0.05) is 23.8 Å². The second kappa shape index (κ2) is 5.15. The van der Waals surface area contributed by atoms with E-state index in [1.54, 1.807) is 6.92 Å². The number of ether oxygens (including phenoxy) is 1. The Morgan fingerprint density at radius 1 is 1.45 bits per heavy atom. The van der Waals surface area contributed by atoms with E-state index in [4.69, 9.17) is 4.74 Å². The van der Waals surface area contributed by atoms with E-state index >= 15 is 0 Å². The minimum atomic E-state index is -0.365. The number of aliphatic hydroxyl groups excluding tert-OH is 1. The Kier molecular flexibility index (Phi) is 3.48. The summed E-state index contributed by atoms with van der Waals surface area (Å²) in [6.45, 7) is 4.38. The largest absolute Gasteiger partial charge is 0.393 e. The van der Waals surface area contributed by atoms with Crippen LogP contribution in [0.25, 0.3) is 5.57 Å². The Hall–Kier alpha value is -1.45. The molecular formula is C17H20O3. The number of aryl methyl sites for hydroxylation is 1. The zero-order valence-electron chi connectivity index (χ0n) is 12.0. The Bertz CT molecular complexity index is 584. The minimum Gasteiger partial charge on any atom is -0.393 e. The molecule has 0 saturated heterocycles. The highest BCUT2D eigenvalue weighted by Crippen LogP contribution is 2.39. The van der Waals surface area contributed by atoms with Gasteiger partial charge in [0, 0.05) is 12.0 Å². The summed E-state index contributed by atoms with van der Waals surface area (Å²) in [6, 6.07) is 5.90. The normalized spacial score (nSPS) is 23.4. The Balaban J connectivity index is 1.97. The third kappa shape index (κ3) is 2.32. The first-order valence-corrected chi connectivity index (χ1v) is 7.20. The van der Waals surface area contributed by atoms with Crippen molar-refractivity contribution in [1.82, 2.24) is 0 Å². The molecule has 0 saturated carbocycles. The average molecular weight is 272 g/mol. The van der Waals surface area contributed by atoms with Crippen molar-refractivity contribution < 1.29 is 14.6 Å². The summed E-state index contributed by atoms with van der Waals surface area (Å²) in [5.41, 5.74) is 5.45. The van der Waals surface area contributed by atoms with Crippen LogP contribution in [-0.2, 0) is 4.74 Å². The standard InChI is InChI=1S/C17H20O3/c1-10-4-3-5-14-16(19)8-12-7-13(6-11(2)18)20-9-15(12)17(10)14/h3-5,11,13,18H,6-9H2,1-2H3. The summed E-state index contributed by atoms with van der Waals surface area (Å²) < 4.78 is 5.88. The summed E-state index contributed by atoms with van der Waals surface area (Å²) in [7, 11) is 0. The van der Waals surface area contributed by atoms with E-state index in [1.165, 1.54) is 11.1 Å². The molecule has 0 amide bonds. The van der Waals surface area contributed by atoms with Crippen molar-refractivity contribution in [2.45, 2.75) is 45.3 Å². The molecule has 1 aliphatic heterocycles. The van der Waals surface area contributed by atoms with E-state index < -0.39 is 0 Å². The van der Waals surface area contributed by atoms with Crippen LogP contribution in [-0.4, -0.2) is 29.7 Å². The fraction of sp³-hybridized carbons (Fsp3) is 0.471. The quantitative estimate of drug-likeness (QED) is 0.900. The lowest BCUT2D eigenvalue weighted by molar-refractivity contribution is 0.0285. The first kappa shape index (κ1) is 13.5. The van der Waals surface area contributed by atoms with Crippen molar-refractivity contribution in [1.29, 1.82) is 0 Å². The zero-order chi connectivity index (χ0) is 14.3. The summed E-state index contributed by atoms with van der Waals surface area (Å²) in [4.78, 5) is 12.3. The third-order valence-electron chi connectivity index (χ3n) is 4.22. The SMILES string of the molecule is Cc1cccc2c1C1=C(CC2=O)CC(CC(C)O)OC1. The van der Waals surface area contributed by atoms with E-state index in [9.17, 15) is 9.90 Å². The zero-order valence-corrected chi connectivity index (χ0v) is 12.0. The van der Waals surface area contributed by atoms with Gasteiger partial charge >= 0.3 is 0 Å². The van der Waals surface area contributed by atoms with Crippen LogP contribution >= 0.6 is 0 Å². The topological polar surface area (TPSA) is 46.5 Å². The summed E-state index contributed by atoms with van der Waals surface area (Å²) in [5, 5.41) is 9.49. The number of benzene rings is 1. The fourth-order valence-corrected chi connectivity index (χ4v) is 3.31. The molecule has 0 bridgehead atoms. The molecule has 2 aliphatic rings. The van der Waals surface area contributed by atoms with Crippen LogP contribution in [0.5, 0.6) is 0 Å². The molecule has 20 heavy (non-hydrogen) atoms. The first-order valence-electron chi connectivity index (χ1n) is 7.20. The van der Waals surface area contributed by atoms with E-state index in [2.05, 4.69) is 0 Å². The molecule has 3 heteroatoms. The van der Waals surface area contributed by atoms with Crippen LogP contribution in [0, 0.1) is 6.92 Å².